The number of carbonyl (C=O) groups excluding carboxylic acids is 2. The molecule has 0 aromatic carbocycles. The number of carboxylic acid groups (broad SMARTS) is 1. The molecule has 108 valence electrons. The second-order valence-corrected chi connectivity index (χ2v) is 4.86. The van der Waals surface area contributed by atoms with Crippen molar-refractivity contribution in [1.29, 1.82) is 0 Å². The quantitative estimate of drug-likeness (QED) is 0.741. The van der Waals surface area contributed by atoms with Crippen molar-refractivity contribution < 1.29 is 24.2 Å². The molecule has 1 aliphatic heterocycles. The smallest absolute Gasteiger partial charge is 0.319 e. The van der Waals surface area contributed by atoms with Crippen LogP contribution in [0.5, 0.6) is 0 Å². The average molecular weight is 272 g/mol. The van der Waals surface area contributed by atoms with Gasteiger partial charge in [0.25, 0.3) is 0 Å². The Kier molecular flexibility index (Phi) is 5.14. The number of carbonyl (C=O) groups is 3. The van der Waals surface area contributed by atoms with E-state index in [4.69, 9.17) is 5.11 Å². The van der Waals surface area contributed by atoms with Crippen molar-refractivity contribution in [1.82, 2.24) is 9.80 Å². The van der Waals surface area contributed by atoms with E-state index in [1.54, 1.807) is 18.9 Å². The second-order valence-electron chi connectivity index (χ2n) is 4.86. The fourth-order valence-electron chi connectivity index (χ4n) is 2.10. The summed E-state index contributed by atoms with van der Waals surface area (Å²) in [6.45, 7) is 2.52. The molecular weight excluding hydrogens is 252 g/mol. The van der Waals surface area contributed by atoms with Gasteiger partial charge in [0.05, 0.1) is 18.9 Å². The van der Waals surface area contributed by atoms with E-state index in [1.807, 2.05) is 0 Å². The molecule has 0 radical (unpaired) electrons. The summed E-state index contributed by atoms with van der Waals surface area (Å²) in [4.78, 5) is 37.1. The molecule has 1 aliphatic rings. The molecule has 1 fully saturated rings. The van der Waals surface area contributed by atoms with Crippen LogP contribution >= 0.6 is 0 Å². The number of aliphatic carboxylic acids is 1. The van der Waals surface area contributed by atoms with Crippen LogP contribution in [0.3, 0.4) is 0 Å². The lowest BCUT2D eigenvalue weighted by molar-refractivity contribution is -0.145. The van der Waals surface area contributed by atoms with Gasteiger partial charge in [0.1, 0.15) is 0 Å². The molecule has 2 atom stereocenters. The Labute approximate surface area is 112 Å². The Morgan fingerprint density at radius 1 is 1.47 bits per heavy atom. The molecule has 0 saturated carbocycles. The molecule has 0 bridgehead atoms. The first-order chi connectivity index (χ1) is 8.86. The predicted octanol–water partition coefficient (Wildman–Crippen LogP) is 0.254. The Balaban J connectivity index is 2.50. The zero-order chi connectivity index (χ0) is 14.6. The monoisotopic (exact) mass is 272 g/mol. The highest BCUT2D eigenvalue weighted by molar-refractivity contribution is 5.78. The number of rotatable bonds is 4. The highest BCUT2D eigenvalue weighted by atomic mass is 16.5. The number of ether oxygens (including phenoxy) is 1. The predicted molar refractivity (Wildman–Crippen MR) is 66.5 cm³/mol. The molecule has 0 aromatic rings. The average Bonchev–Trinajstić information content (AvgIpc) is 2.85. The van der Waals surface area contributed by atoms with E-state index in [1.165, 1.54) is 12.0 Å². The first kappa shape index (κ1) is 15.3. The van der Waals surface area contributed by atoms with Crippen LogP contribution in [0, 0.1) is 11.8 Å². The van der Waals surface area contributed by atoms with E-state index >= 15 is 0 Å². The Hall–Kier alpha value is -1.79. The summed E-state index contributed by atoms with van der Waals surface area (Å²) in [6, 6.07) is -0.250. The molecule has 1 saturated heterocycles. The third-order valence-electron chi connectivity index (χ3n) is 3.29. The number of esters is 1. The molecular formula is C12H20N2O5. The normalized spacial score (nSPS) is 19.9. The van der Waals surface area contributed by atoms with Gasteiger partial charge in [0, 0.05) is 26.7 Å². The van der Waals surface area contributed by atoms with Crippen LogP contribution in [0.25, 0.3) is 0 Å². The van der Waals surface area contributed by atoms with Crippen molar-refractivity contribution in [2.75, 3.05) is 33.8 Å². The third-order valence-corrected chi connectivity index (χ3v) is 3.29. The fraction of sp³-hybridized carbons (Fsp3) is 0.750. The zero-order valence-corrected chi connectivity index (χ0v) is 11.5. The molecule has 0 spiro atoms. The molecule has 7 heteroatoms. The van der Waals surface area contributed by atoms with Crippen LogP contribution in [-0.2, 0) is 14.3 Å². The first-order valence-electron chi connectivity index (χ1n) is 6.17. The fourth-order valence-corrected chi connectivity index (χ4v) is 2.10. The highest BCUT2D eigenvalue weighted by Gasteiger charge is 2.33. The number of likely N-dealkylation sites (tertiary alicyclic amines) is 1. The SMILES string of the molecule is COC(=O)C1CCN(C(=O)N(C)CC(C)C(=O)O)C1. The summed E-state index contributed by atoms with van der Waals surface area (Å²) in [5, 5.41) is 8.81. The number of hydrogen-bond donors (Lipinski definition) is 1. The van der Waals surface area contributed by atoms with Crippen LogP contribution in [0.2, 0.25) is 0 Å². The maximum Gasteiger partial charge on any atom is 0.319 e. The van der Waals surface area contributed by atoms with Gasteiger partial charge in [0.15, 0.2) is 0 Å². The lowest BCUT2D eigenvalue weighted by atomic mass is 10.1. The van der Waals surface area contributed by atoms with Crippen LogP contribution in [0.1, 0.15) is 13.3 Å². The summed E-state index contributed by atoms with van der Waals surface area (Å²) in [6.07, 6.45) is 0.584. The number of amides is 2. The third kappa shape index (κ3) is 3.84. The van der Waals surface area contributed by atoms with Gasteiger partial charge in [-0.3, -0.25) is 9.59 Å². The van der Waals surface area contributed by atoms with Crippen molar-refractivity contribution in [3.63, 3.8) is 0 Å². The second kappa shape index (κ2) is 6.40. The minimum absolute atomic E-state index is 0.146. The van der Waals surface area contributed by atoms with E-state index in [2.05, 4.69) is 4.74 Å². The van der Waals surface area contributed by atoms with E-state index in [9.17, 15) is 14.4 Å². The van der Waals surface area contributed by atoms with Crippen molar-refractivity contribution in [3.8, 4) is 0 Å². The van der Waals surface area contributed by atoms with Gasteiger partial charge < -0.3 is 19.6 Å². The number of urea groups is 1. The van der Waals surface area contributed by atoms with Crippen molar-refractivity contribution in [2.24, 2.45) is 11.8 Å². The first-order valence-corrected chi connectivity index (χ1v) is 6.17. The van der Waals surface area contributed by atoms with Gasteiger partial charge in [-0.25, -0.2) is 4.79 Å². The molecule has 1 N–H and O–H groups in total. The van der Waals surface area contributed by atoms with E-state index in [0.29, 0.717) is 19.5 Å². The molecule has 1 heterocycles. The topological polar surface area (TPSA) is 87.2 Å². The minimum Gasteiger partial charge on any atom is -0.481 e. The largest absolute Gasteiger partial charge is 0.481 e. The summed E-state index contributed by atoms with van der Waals surface area (Å²) >= 11 is 0. The minimum atomic E-state index is -0.937. The van der Waals surface area contributed by atoms with Crippen LogP contribution < -0.4 is 0 Å². The van der Waals surface area contributed by atoms with Gasteiger partial charge in [-0.15, -0.1) is 0 Å². The number of methoxy groups -OCH3 is 1. The molecule has 0 aromatic heterocycles. The van der Waals surface area contributed by atoms with Gasteiger partial charge in [0.2, 0.25) is 0 Å². The van der Waals surface area contributed by atoms with Crippen molar-refractivity contribution in [3.05, 3.63) is 0 Å². The van der Waals surface area contributed by atoms with E-state index in [-0.39, 0.29) is 24.5 Å². The molecule has 19 heavy (non-hydrogen) atoms. The summed E-state index contributed by atoms with van der Waals surface area (Å²) < 4.78 is 4.65. The lowest BCUT2D eigenvalue weighted by Gasteiger charge is -2.25. The maximum atomic E-state index is 12.1. The van der Waals surface area contributed by atoms with Gasteiger partial charge >= 0.3 is 18.0 Å². The maximum absolute atomic E-state index is 12.1. The molecule has 0 aliphatic carbocycles. The number of carboxylic acids is 1. The van der Waals surface area contributed by atoms with Gasteiger partial charge in [-0.1, -0.05) is 6.92 Å². The van der Waals surface area contributed by atoms with Crippen molar-refractivity contribution in [2.45, 2.75) is 13.3 Å². The Morgan fingerprint density at radius 2 is 2.11 bits per heavy atom. The summed E-state index contributed by atoms with van der Waals surface area (Å²) in [5.74, 6) is -2.14. The number of nitrogens with zero attached hydrogens (tertiary/aromatic N) is 2. The van der Waals surface area contributed by atoms with Crippen LogP contribution in [0.4, 0.5) is 4.79 Å². The zero-order valence-electron chi connectivity index (χ0n) is 11.5. The molecule has 2 amide bonds. The van der Waals surface area contributed by atoms with E-state index < -0.39 is 11.9 Å². The lowest BCUT2D eigenvalue weighted by Crippen LogP contribution is -2.43. The highest BCUT2D eigenvalue weighted by Crippen LogP contribution is 2.18. The van der Waals surface area contributed by atoms with Gasteiger partial charge in [-0.05, 0) is 6.42 Å². The number of hydrogen-bond acceptors (Lipinski definition) is 4. The van der Waals surface area contributed by atoms with E-state index in [0.717, 1.165) is 0 Å². The van der Waals surface area contributed by atoms with Crippen LogP contribution in [-0.4, -0.2) is 66.7 Å². The standard InChI is InChI=1S/C12H20N2O5/c1-8(10(15)16)6-13(2)12(18)14-5-4-9(7-14)11(17)19-3/h8-9H,4-7H2,1-3H3,(H,15,16). The molecule has 2 unspecified atom stereocenters. The van der Waals surface area contributed by atoms with Crippen LogP contribution in [0.15, 0.2) is 0 Å². The molecule has 7 nitrogen and oxygen atoms in total. The Bertz CT molecular complexity index is 371. The Morgan fingerprint density at radius 3 is 2.63 bits per heavy atom. The van der Waals surface area contributed by atoms with Gasteiger partial charge in [-0.2, -0.15) is 0 Å². The van der Waals surface area contributed by atoms with Crippen molar-refractivity contribution >= 4 is 18.0 Å². The molecule has 1 rings (SSSR count). The summed E-state index contributed by atoms with van der Waals surface area (Å²) in [7, 11) is 2.89. The summed E-state index contributed by atoms with van der Waals surface area (Å²) in [5.41, 5.74) is 0.